The molecule has 2 rings (SSSR count). The number of halogens is 2. The molecule has 0 radical (unpaired) electrons. The Morgan fingerprint density at radius 1 is 1.11 bits per heavy atom. The zero-order valence-electron chi connectivity index (χ0n) is 8.53. The van der Waals surface area contributed by atoms with Crippen LogP contribution in [0.2, 0.25) is 0 Å². The van der Waals surface area contributed by atoms with Crippen molar-refractivity contribution in [3.8, 4) is 0 Å². The van der Waals surface area contributed by atoms with E-state index in [4.69, 9.17) is 5.21 Å². The zero-order chi connectivity index (χ0) is 13.4. The Labute approximate surface area is 97.9 Å². The fourth-order valence-corrected chi connectivity index (χ4v) is 1.50. The van der Waals surface area contributed by atoms with Gasteiger partial charge in [0.1, 0.15) is 11.6 Å². The van der Waals surface area contributed by atoms with Crippen molar-refractivity contribution in [2.45, 2.75) is 0 Å². The van der Waals surface area contributed by atoms with Crippen molar-refractivity contribution in [1.82, 2.24) is 0 Å². The molecular weight excluding hydrogens is 250 g/mol. The Balaban J connectivity index is 2.72. The highest BCUT2D eigenvalue weighted by Crippen LogP contribution is 2.24. The van der Waals surface area contributed by atoms with Crippen LogP contribution in [0.1, 0.15) is 10.4 Å². The number of anilines is 1. The maximum absolute atomic E-state index is 13.4. The molecule has 1 heterocycles. The number of oxime groups is 1. The van der Waals surface area contributed by atoms with Crippen LogP contribution in [0.5, 0.6) is 0 Å². The van der Waals surface area contributed by atoms with Gasteiger partial charge >= 0.3 is 0 Å². The fourth-order valence-electron chi connectivity index (χ4n) is 1.50. The first-order chi connectivity index (χ1) is 8.45. The molecular formula is C10H4F2N2O4. The summed E-state index contributed by atoms with van der Waals surface area (Å²) in [6.45, 7) is 0. The third-order valence-corrected chi connectivity index (χ3v) is 2.27. The van der Waals surface area contributed by atoms with Crippen LogP contribution >= 0.6 is 0 Å². The van der Waals surface area contributed by atoms with E-state index in [-0.39, 0.29) is 0 Å². The number of rotatable bonds is 0. The number of carbonyl (C=O) groups is 3. The Bertz CT molecular complexity index is 625. The van der Waals surface area contributed by atoms with E-state index in [1.807, 2.05) is 5.32 Å². The lowest BCUT2D eigenvalue weighted by Gasteiger charge is -2.05. The Kier molecular flexibility index (Phi) is 2.62. The van der Waals surface area contributed by atoms with Crippen LogP contribution in [-0.4, -0.2) is 28.4 Å². The predicted octanol–water partition coefficient (Wildman–Crippen LogP) is 0.499. The highest BCUT2D eigenvalue weighted by molar-refractivity contribution is 6.83. The first-order valence-corrected chi connectivity index (χ1v) is 4.57. The van der Waals surface area contributed by atoms with E-state index < -0.39 is 46.1 Å². The summed E-state index contributed by atoms with van der Waals surface area (Å²) in [5, 5.41) is 12.8. The molecule has 0 aliphatic carbocycles. The number of carbonyl (C=O) groups excluding carboxylic acids is 3. The standard InChI is InChI=1S/C10H4F2N2O4/c11-3-1-4(12)6-5(2-3)13-10(17)7(14-18)9(16)8(6)15/h1-2,18H,(H,13,17). The van der Waals surface area contributed by atoms with Crippen molar-refractivity contribution < 1.29 is 28.4 Å². The maximum Gasteiger partial charge on any atom is 0.281 e. The summed E-state index contributed by atoms with van der Waals surface area (Å²) in [4.78, 5) is 34.4. The summed E-state index contributed by atoms with van der Waals surface area (Å²) < 4.78 is 26.4. The number of hydrogen-bond acceptors (Lipinski definition) is 5. The summed E-state index contributed by atoms with van der Waals surface area (Å²) in [6.07, 6.45) is 0. The van der Waals surface area contributed by atoms with E-state index in [1.54, 1.807) is 0 Å². The van der Waals surface area contributed by atoms with Crippen LogP contribution in [0.3, 0.4) is 0 Å². The summed E-state index contributed by atoms with van der Waals surface area (Å²) >= 11 is 0. The number of ketones is 2. The van der Waals surface area contributed by atoms with E-state index in [9.17, 15) is 23.2 Å². The number of benzene rings is 1. The lowest BCUT2D eigenvalue weighted by atomic mass is 10.0. The number of hydrogen-bond donors (Lipinski definition) is 2. The van der Waals surface area contributed by atoms with E-state index >= 15 is 0 Å². The van der Waals surface area contributed by atoms with Gasteiger partial charge in [-0.15, -0.1) is 0 Å². The van der Waals surface area contributed by atoms with E-state index in [1.165, 1.54) is 0 Å². The molecule has 8 heteroatoms. The monoisotopic (exact) mass is 254 g/mol. The molecule has 2 N–H and O–H groups in total. The number of amides is 1. The second kappa shape index (κ2) is 3.99. The topological polar surface area (TPSA) is 95.8 Å². The number of nitrogens with one attached hydrogen (secondary N) is 1. The average Bonchev–Trinajstić information content (AvgIpc) is 2.35. The van der Waals surface area contributed by atoms with E-state index in [2.05, 4.69) is 5.16 Å². The van der Waals surface area contributed by atoms with E-state index in [0.717, 1.165) is 0 Å². The molecule has 0 atom stereocenters. The molecule has 0 unspecified atom stereocenters. The van der Waals surface area contributed by atoms with Gasteiger partial charge in [-0.1, -0.05) is 5.16 Å². The summed E-state index contributed by atoms with van der Waals surface area (Å²) in [5.74, 6) is -6.41. The van der Waals surface area contributed by atoms with Crippen molar-refractivity contribution in [2.24, 2.45) is 5.16 Å². The molecule has 0 fully saturated rings. The molecule has 0 aromatic heterocycles. The molecule has 0 spiro atoms. The van der Waals surface area contributed by atoms with Gasteiger partial charge in [0.15, 0.2) is 0 Å². The van der Waals surface area contributed by atoms with Gasteiger partial charge in [-0.2, -0.15) is 0 Å². The molecule has 0 saturated carbocycles. The molecule has 0 bridgehead atoms. The van der Waals surface area contributed by atoms with Gasteiger partial charge in [-0.3, -0.25) is 14.4 Å². The van der Waals surface area contributed by atoms with E-state index in [0.29, 0.717) is 12.1 Å². The molecule has 92 valence electrons. The summed E-state index contributed by atoms with van der Waals surface area (Å²) in [6, 6.07) is 1.08. The maximum atomic E-state index is 13.4. The van der Waals surface area contributed by atoms with Crippen molar-refractivity contribution in [3.63, 3.8) is 0 Å². The minimum atomic E-state index is -1.47. The van der Waals surface area contributed by atoms with Crippen molar-refractivity contribution in [1.29, 1.82) is 0 Å². The number of nitrogens with zero attached hydrogens (tertiary/aromatic N) is 1. The molecule has 1 aliphatic rings. The van der Waals surface area contributed by atoms with Gasteiger partial charge in [0.2, 0.25) is 11.5 Å². The Morgan fingerprint density at radius 2 is 1.78 bits per heavy atom. The molecule has 1 amide bonds. The van der Waals surface area contributed by atoms with Crippen molar-refractivity contribution >= 4 is 28.9 Å². The predicted molar refractivity (Wildman–Crippen MR) is 53.5 cm³/mol. The largest absolute Gasteiger partial charge is 0.410 e. The first-order valence-electron chi connectivity index (χ1n) is 4.57. The first kappa shape index (κ1) is 11.8. The summed E-state index contributed by atoms with van der Waals surface area (Å²) in [7, 11) is 0. The second-order valence-corrected chi connectivity index (χ2v) is 3.37. The third kappa shape index (κ3) is 1.63. The van der Waals surface area contributed by atoms with Crippen molar-refractivity contribution in [3.05, 3.63) is 29.3 Å². The molecule has 0 saturated heterocycles. The minimum Gasteiger partial charge on any atom is -0.410 e. The van der Waals surface area contributed by atoms with Gasteiger partial charge in [0.05, 0.1) is 11.3 Å². The smallest absolute Gasteiger partial charge is 0.281 e. The van der Waals surface area contributed by atoms with Crippen LogP contribution in [0, 0.1) is 11.6 Å². The van der Waals surface area contributed by atoms with Gasteiger partial charge in [-0.05, 0) is 6.07 Å². The van der Waals surface area contributed by atoms with Crippen molar-refractivity contribution in [2.75, 3.05) is 5.32 Å². The average molecular weight is 254 g/mol. The molecule has 1 aromatic rings. The van der Waals surface area contributed by atoms with Gasteiger partial charge in [0, 0.05) is 6.07 Å². The normalized spacial score (nSPS) is 17.4. The minimum absolute atomic E-state index is 0.400. The molecule has 1 aromatic carbocycles. The Hall–Kier alpha value is -2.64. The highest BCUT2D eigenvalue weighted by atomic mass is 19.1. The van der Waals surface area contributed by atoms with Crippen LogP contribution in [0.15, 0.2) is 17.3 Å². The van der Waals surface area contributed by atoms with Crippen LogP contribution in [-0.2, 0) is 9.59 Å². The van der Waals surface area contributed by atoms with Crippen LogP contribution in [0.25, 0.3) is 0 Å². The second-order valence-electron chi connectivity index (χ2n) is 3.37. The lowest BCUT2D eigenvalue weighted by Crippen LogP contribution is -2.31. The quantitative estimate of drug-likeness (QED) is 0.400. The number of fused-ring (bicyclic) bond motifs is 1. The van der Waals surface area contributed by atoms with Gasteiger partial charge in [0.25, 0.3) is 11.7 Å². The SMILES string of the molecule is O=C1Nc2cc(F)cc(F)c2C(=O)C(=O)C1=NO. The summed E-state index contributed by atoms with van der Waals surface area (Å²) in [5.41, 5.74) is -2.35. The zero-order valence-corrected chi connectivity index (χ0v) is 8.53. The number of Topliss-reactive ketones (excluding diaryl/α,β-unsaturated/α-hetero) is 2. The Morgan fingerprint density at radius 3 is 2.39 bits per heavy atom. The molecule has 6 nitrogen and oxygen atoms in total. The highest BCUT2D eigenvalue weighted by Gasteiger charge is 2.36. The molecule has 1 aliphatic heterocycles. The fraction of sp³-hybridized carbons (Fsp3) is 0. The lowest BCUT2D eigenvalue weighted by molar-refractivity contribution is -0.113. The van der Waals surface area contributed by atoms with Gasteiger partial charge < -0.3 is 10.5 Å². The van der Waals surface area contributed by atoms with Crippen LogP contribution in [0.4, 0.5) is 14.5 Å². The van der Waals surface area contributed by atoms with Crippen LogP contribution < -0.4 is 5.32 Å². The molecule has 18 heavy (non-hydrogen) atoms. The van der Waals surface area contributed by atoms with Gasteiger partial charge in [-0.25, -0.2) is 8.78 Å². The third-order valence-electron chi connectivity index (χ3n) is 2.27.